The first-order chi connectivity index (χ1) is 27.2. The fraction of sp³-hybridized carbons (Fsp3) is 0. The maximum atomic E-state index is 10.7. The Morgan fingerprint density at radius 2 is 1.00 bits per heavy atom. The van der Waals surface area contributed by atoms with Crippen LogP contribution in [0.2, 0.25) is 0 Å². The molecule has 0 unspecified atom stereocenters. The van der Waals surface area contributed by atoms with Crippen LogP contribution in [0.25, 0.3) is 99.2 Å². The topological polar surface area (TPSA) is 70.6 Å². The SMILES string of the molecule is N#Cc1ccccc1-c1ccc(-c2ccc(-n3c4ccccc4c4ccc5c6ccccc6oc5c43)cc2-n2c3ccccc3c3ccccc32)c(C#N)c1. The van der Waals surface area contributed by atoms with Crippen LogP contribution in [0.15, 0.2) is 174 Å². The highest BCUT2D eigenvalue weighted by Crippen LogP contribution is 2.43. The summed E-state index contributed by atoms with van der Waals surface area (Å²) in [5, 5.41) is 27.3. The Kier molecular flexibility index (Phi) is 6.61. The van der Waals surface area contributed by atoms with Gasteiger partial charge in [-0.05, 0) is 65.7 Å². The van der Waals surface area contributed by atoms with E-state index in [9.17, 15) is 10.5 Å². The normalized spacial score (nSPS) is 11.6. The molecule has 55 heavy (non-hydrogen) atoms. The van der Waals surface area contributed by atoms with Gasteiger partial charge in [-0.25, -0.2) is 0 Å². The van der Waals surface area contributed by atoms with E-state index in [0.717, 1.165) is 99.2 Å². The van der Waals surface area contributed by atoms with Gasteiger partial charge >= 0.3 is 0 Å². The van der Waals surface area contributed by atoms with Gasteiger partial charge in [0.05, 0.1) is 51.0 Å². The van der Waals surface area contributed by atoms with Gasteiger partial charge in [0.25, 0.3) is 0 Å². The predicted molar refractivity (Wildman–Crippen MR) is 223 cm³/mol. The van der Waals surface area contributed by atoms with Gasteiger partial charge < -0.3 is 13.6 Å². The number of para-hydroxylation sites is 4. The van der Waals surface area contributed by atoms with Crippen molar-refractivity contribution in [2.24, 2.45) is 0 Å². The number of hydrogen-bond donors (Lipinski definition) is 0. The van der Waals surface area contributed by atoms with Crippen molar-refractivity contribution in [2.45, 2.75) is 0 Å². The number of benzene rings is 8. The molecule has 0 bridgehead atoms. The van der Waals surface area contributed by atoms with E-state index in [1.165, 1.54) is 0 Å². The van der Waals surface area contributed by atoms with E-state index in [1.807, 2.05) is 54.6 Å². The maximum absolute atomic E-state index is 10.7. The minimum atomic E-state index is 0.529. The summed E-state index contributed by atoms with van der Waals surface area (Å²) in [6, 6.07) is 62.9. The quantitative estimate of drug-likeness (QED) is 0.183. The fourth-order valence-corrected chi connectivity index (χ4v) is 8.62. The van der Waals surface area contributed by atoms with Crippen LogP contribution in [-0.4, -0.2) is 9.13 Å². The van der Waals surface area contributed by atoms with Crippen LogP contribution in [0.5, 0.6) is 0 Å². The third-order valence-electron chi connectivity index (χ3n) is 11.0. The molecule has 5 heteroatoms. The monoisotopic (exact) mass is 700 g/mol. The lowest BCUT2D eigenvalue weighted by Gasteiger charge is -2.18. The molecule has 3 heterocycles. The number of furan rings is 1. The first-order valence-corrected chi connectivity index (χ1v) is 18.2. The summed E-state index contributed by atoms with van der Waals surface area (Å²) in [5.74, 6) is 0. The molecule has 0 radical (unpaired) electrons. The lowest BCUT2D eigenvalue weighted by atomic mass is 9.92. The Bertz CT molecular complexity index is 3420. The number of aromatic nitrogens is 2. The summed E-state index contributed by atoms with van der Waals surface area (Å²) >= 11 is 0. The lowest BCUT2D eigenvalue weighted by Crippen LogP contribution is -2.02. The fourth-order valence-electron chi connectivity index (χ4n) is 8.62. The van der Waals surface area contributed by atoms with Crippen molar-refractivity contribution in [3.63, 3.8) is 0 Å². The molecule has 5 nitrogen and oxygen atoms in total. The first-order valence-electron chi connectivity index (χ1n) is 18.2. The Hall–Kier alpha value is -7.86. The number of nitrogens with zero attached hydrogens (tertiary/aromatic N) is 4. The van der Waals surface area contributed by atoms with E-state index in [2.05, 4.69) is 137 Å². The second-order valence-corrected chi connectivity index (χ2v) is 13.9. The van der Waals surface area contributed by atoms with Crippen molar-refractivity contribution in [1.29, 1.82) is 10.5 Å². The van der Waals surface area contributed by atoms with E-state index in [-0.39, 0.29) is 0 Å². The van der Waals surface area contributed by atoms with E-state index >= 15 is 0 Å². The number of nitriles is 2. The van der Waals surface area contributed by atoms with Gasteiger partial charge in [-0.1, -0.05) is 115 Å². The minimum Gasteiger partial charge on any atom is -0.454 e. The molecule has 11 rings (SSSR count). The molecule has 0 aliphatic heterocycles. The molecule has 11 aromatic rings. The second kappa shape index (κ2) is 11.8. The van der Waals surface area contributed by atoms with Crippen molar-refractivity contribution in [3.8, 4) is 45.8 Å². The number of rotatable bonds is 4. The molecular formula is C50H28N4O. The van der Waals surface area contributed by atoms with Gasteiger partial charge in [0.2, 0.25) is 0 Å². The van der Waals surface area contributed by atoms with Crippen molar-refractivity contribution < 1.29 is 4.42 Å². The van der Waals surface area contributed by atoms with Crippen LogP contribution >= 0.6 is 0 Å². The Morgan fingerprint density at radius 3 is 1.73 bits per heavy atom. The average molecular weight is 701 g/mol. The molecule has 0 aliphatic rings. The molecule has 8 aromatic carbocycles. The summed E-state index contributed by atoms with van der Waals surface area (Å²) in [4.78, 5) is 0. The lowest BCUT2D eigenvalue weighted by molar-refractivity contribution is 0.671. The summed E-state index contributed by atoms with van der Waals surface area (Å²) in [5.41, 5.74) is 12.3. The zero-order valence-corrected chi connectivity index (χ0v) is 29.4. The predicted octanol–water partition coefficient (Wildman–Crippen LogP) is 12.9. The number of hydrogen-bond acceptors (Lipinski definition) is 3. The zero-order chi connectivity index (χ0) is 36.6. The largest absolute Gasteiger partial charge is 0.454 e. The standard InChI is InChI=1S/C50H28N4O/c51-29-32-11-1-2-12-35(32)31-21-23-36(33(27-31)30-52)40-24-22-34(28-47(40)54-45-18-8-3-13-37(45)38-14-4-9-19-46(38)54)53-44-17-7-5-15-39(44)42-25-26-43-41-16-6-10-20-48(41)55-50(43)49(42)53/h1-28H. The molecule has 0 saturated heterocycles. The molecule has 0 saturated carbocycles. The molecule has 0 spiro atoms. The van der Waals surface area contributed by atoms with Crippen LogP contribution in [-0.2, 0) is 0 Å². The van der Waals surface area contributed by atoms with Gasteiger partial charge in [-0.15, -0.1) is 0 Å². The minimum absolute atomic E-state index is 0.529. The average Bonchev–Trinajstić information content (AvgIpc) is 3.91. The maximum Gasteiger partial charge on any atom is 0.160 e. The van der Waals surface area contributed by atoms with Crippen LogP contribution in [0.4, 0.5) is 0 Å². The van der Waals surface area contributed by atoms with Crippen LogP contribution in [0.1, 0.15) is 11.1 Å². The highest BCUT2D eigenvalue weighted by atomic mass is 16.3. The molecule has 0 amide bonds. The van der Waals surface area contributed by atoms with E-state index < -0.39 is 0 Å². The van der Waals surface area contributed by atoms with Gasteiger partial charge in [0, 0.05) is 49.1 Å². The second-order valence-electron chi connectivity index (χ2n) is 13.9. The molecule has 0 atom stereocenters. The highest BCUT2D eigenvalue weighted by molar-refractivity contribution is 6.21. The molecule has 0 aliphatic carbocycles. The summed E-state index contributed by atoms with van der Waals surface area (Å²) in [7, 11) is 0. The van der Waals surface area contributed by atoms with Crippen LogP contribution in [0.3, 0.4) is 0 Å². The third-order valence-corrected chi connectivity index (χ3v) is 11.0. The number of fused-ring (bicyclic) bond motifs is 10. The summed E-state index contributed by atoms with van der Waals surface area (Å²) < 4.78 is 11.3. The van der Waals surface area contributed by atoms with Crippen LogP contribution < -0.4 is 0 Å². The van der Waals surface area contributed by atoms with Crippen molar-refractivity contribution in [1.82, 2.24) is 9.13 Å². The molecule has 254 valence electrons. The molecule has 3 aromatic heterocycles. The molecule has 0 fully saturated rings. The Morgan fingerprint density at radius 1 is 0.418 bits per heavy atom. The van der Waals surface area contributed by atoms with Crippen molar-refractivity contribution in [2.75, 3.05) is 0 Å². The molecular weight excluding hydrogens is 673 g/mol. The van der Waals surface area contributed by atoms with Gasteiger partial charge in [-0.3, -0.25) is 0 Å². The summed E-state index contributed by atoms with van der Waals surface area (Å²) in [6.07, 6.45) is 0. The van der Waals surface area contributed by atoms with Gasteiger partial charge in [0.1, 0.15) is 5.58 Å². The van der Waals surface area contributed by atoms with Gasteiger partial charge in [-0.2, -0.15) is 10.5 Å². The van der Waals surface area contributed by atoms with E-state index in [0.29, 0.717) is 11.1 Å². The third kappa shape index (κ3) is 4.45. The van der Waals surface area contributed by atoms with Gasteiger partial charge in [0.15, 0.2) is 5.58 Å². The summed E-state index contributed by atoms with van der Waals surface area (Å²) in [6.45, 7) is 0. The highest BCUT2D eigenvalue weighted by Gasteiger charge is 2.22. The Balaban J connectivity index is 1.25. The van der Waals surface area contributed by atoms with Crippen LogP contribution in [0, 0.1) is 22.7 Å². The zero-order valence-electron chi connectivity index (χ0n) is 29.4. The molecule has 0 N–H and O–H groups in total. The smallest absolute Gasteiger partial charge is 0.160 e. The van der Waals surface area contributed by atoms with Crippen molar-refractivity contribution >= 4 is 65.6 Å². The first kappa shape index (κ1) is 30.7. The van der Waals surface area contributed by atoms with E-state index in [4.69, 9.17) is 4.42 Å². The van der Waals surface area contributed by atoms with E-state index in [1.54, 1.807) is 0 Å². The Labute approximate surface area is 315 Å². The van der Waals surface area contributed by atoms with Crippen molar-refractivity contribution in [3.05, 3.63) is 181 Å².